The van der Waals surface area contributed by atoms with Gasteiger partial charge in [0, 0.05) is 43.3 Å². The molecule has 0 spiro atoms. The fraction of sp³-hybridized carbons (Fsp3) is 0.300. The second-order valence-corrected chi connectivity index (χ2v) is 9.67. The highest BCUT2D eigenvalue weighted by Gasteiger charge is 2.23. The van der Waals surface area contributed by atoms with Crippen LogP contribution < -0.4 is 9.62 Å². The topological polar surface area (TPSA) is 108 Å². The molecule has 0 atom stereocenters. The van der Waals surface area contributed by atoms with Crippen molar-refractivity contribution in [3.05, 3.63) is 59.5 Å². The summed E-state index contributed by atoms with van der Waals surface area (Å²) in [5.41, 5.74) is 1.46. The smallest absolute Gasteiger partial charge is 0.263 e. The largest absolute Gasteiger partial charge is 0.353 e. The van der Waals surface area contributed by atoms with E-state index in [1.807, 2.05) is 13.0 Å². The number of carbonyl (C=O) groups is 1. The first-order valence-corrected chi connectivity index (χ1v) is 12.1. The summed E-state index contributed by atoms with van der Waals surface area (Å²) in [5, 5.41) is 1.95. The van der Waals surface area contributed by atoms with Gasteiger partial charge in [0.05, 0.1) is 17.0 Å². The zero-order chi connectivity index (χ0) is 21.8. The van der Waals surface area contributed by atoms with Crippen LogP contribution in [-0.2, 0) is 21.2 Å². The molecular weight excluding hydrogens is 436 g/mol. The van der Waals surface area contributed by atoms with Crippen LogP contribution in [0.5, 0.6) is 0 Å². The maximum Gasteiger partial charge on any atom is 0.263 e. The quantitative estimate of drug-likeness (QED) is 0.601. The molecule has 0 unspecified atom stereocenters. The molecule has 1 aliphatic rings. The van der Waals surface area contributed by atoms with Gasteiger partial charge in [-0.2, -0.15) is 0 Å². The molecule has 3 heterocycles. The van der Waals surface area contributed by atoms with Crippen molar-refractivity contribution in [1.82, 2.24) is 19.9 Å². The van der Waals surface area contributed by atoms with Crippen LogP contribution >= 0.6 is 11.3 Å². The maximum atomic E-state index is 12.7. The van der Waals surface area contributed by atoms with Gasteiger partial charge < -0.3 is 9.80 Å². The number of benzene rings is 1. The van der Waals surface area contributed by atoms with Gasteiger partial charge in [0.1, 0.15) is 12.1 Å². The molecule has 0 aliphatic carbocycles. The number of hydrogen-bond acceptors (Lipinski definition) is 8. The Bertz CT molecular complexity index is 1160. The maximum absolute atomic E-state index is 12.7. The Balaban J connectivity index is 1.32. The Labute approximate surface area is 184 Å². The van der Waals surface area contributed by atoms with E-state index < -0.39 is 10.0 Å². The van der Waals surface area contributed by atoms with Crippen molar-refractivity contribution in [3.63, 3.8) is 0 Å². The number of nitrogens with zero attached hydrogens (tertiary/aromatic N) is 5. The van der Waals surface area contributed by atoms with Crippen LogP contribution in [0.3, 0.4) is 0 Å². The van der Waals surface area contributed by atoms with Gasteiger partial charge in [-0.3, -0.25) is 9.52 Å². The normalized spacial score (nSPS) is 14.5. The molecule has 4 rings (SSSR count). The van der Waals surface area contributed by atoms with Crippen molar-refractivity contribution in [3.8, 4) is 0 Å². The first-order chi connectivity index (χ1) is 14.9. The molecule has 1 fully saturated rings. The summed E-state index contributed by atoms with van der Waals surface area (Å²) in [6, 6.07) is 10.0. The number of hydrogen-bond donors (Lipinski definition) is 1. The second kappa shape index (κ2) is 8.98. The minimum atomic E-state index is -3.70. The van der Waals surface area contributed by atoms with Gasteiger partial charge >= 0.3 is 0 Å². The van der Waals surface area contributed by atoms with Gasteiger partial charge in [-0.1, -0.05) is 18.2 Å². The van der Waals surface area contributed by atoms with E-state index in [4.69, 9.17) is 0 Å². The lowest BCUT2D eigenvalue weighted by Crippen LogP contribution is -2.49. The first kappa shape index (κ1) is 21.2. The fourth-order valence-corrected chi connectivity index (χ4v) is 5.26. The molecule has 0 saturated carbocycles. The molecule has 31 heavy (non-hydrogen) atoms. The molecule has 1 saturated heterocycles. The fourth-order valence-electron chi connectivity index (χ4n) is 3.27. The van der Waals surface area contributed by atoms with Crippen molar-refractivity contribution in [2.75, 3.05) is 35.8 Å². The van der Waals surface area contributed by atoms with Crippen LogP contribution in [0.4, 0.5) is 10.9 Å². The Morgan fingerprint density at radius 2 is 1.87 bits per heavy atom. The number of carbonyl (C=O) groups excluding carboxylic acids is 1. The van der Waals surface area contributed by atoms with Crippen LogP contribution in [-0.4, -0.2) is 60.4 Å². The Kier molecular flexibility index (Phi) is 6.14. The number of rotatable bonds is 6. The Morgan fingerprint density at radius 3 is 2.58 bits per heavy atom. The molecule has 1 aliphatic heterocycles. The highest BCUT2D eigenvalue weighted by atomic mass is 32.2. The van der Waals surface area contributed by atoms with Crippen LogP contribution in [0.2, 0.25) is 0 Å². The average molecular weight is 459 g/mol. The molecule has 1 amide bonds. The third kappa shape index (κ3) is 5.17. The number of aryl methyl sites for hydroxylation is 1. The number of amides is 1. The molecule has 3 aromatic rings. The minimum Gasteiger partial charge on any atom is -0.353 e. The standard InChI is InChI=1S/C20H22N6O3S2/c1-15-11-18(22-14-21-15)25-7-9-26(10-8-25)19(27)12-16-13-30-20(23-16)24-31(28,29)17-5-3-2-4-6-17/h2-6,11,13-14H,7-10,12H2,1H3,(H,23,24). The minimum absolute atomic E-state index is 0.0266. The molecule has 0 bridgehead atoms. The van der Waals surface area contributed by atoms with E-state index in [9.17, 15) is 13.2 Å². The lowest BCUT2D eigenvalue weighted by molar-refractivity contribution is -0.130. The molecule has 162 valence electrons. The SMILES string of the molecule is Cc1cc(N2CCN(C(=O)Cc3csc(NS(=O)(=O)c4ccccc4)n3)CC2)ncn1. The first-order valence-electron chi connectivity index (χ1n) is 9.74. The van der Waals surface area contributed by atoms with E-state index in [0.29, 0.717) is 31.9 Å². The monoisotopic (exact) mass is 458 g/mol. The number of aromatic nitrogens is 3. The van der Waals surface area contributed by atoms with E-state index >= 15 is 0 Å². The lowest BCUT2D eigenvalue weighted by atomic mass is 10.2. The number of nitrogens with one attached hydrogen (secondary N) is 1. The van der Waals surface area contributed by atoms with Crippen molar-refractivity contribution < 1.29 is 13.2 Å². The van der Waals surface area contributed by atoms with Crippen LogP contribution in [0.15, 0.2) is 53.0 Å². The summed E-state index contributed by atoms with van der Waals surface area (Å²) in [6.07, 6.45) is 1.68. The molecule has 11 heteroatoms. The summed E-state index contributed by atoms with van der Waals surface area (Å²) in [4.78, 5) is 29.5. The number of piperazine rings is 1. The Morgan fingerprint density at radius 1 is 1.13 bits per heavy atom. The third-order valence-electron chi connectivity index (χ3n) is 4.91. The van der Waals surface area contributed by atoms with Crippen LogP contribution in [0.25, 0.3) is 0 Å². The predicted molar refractivity (Wildman–Crippen MR) is 119 cm³/mol. The summed E-state index contributed by atoms with van der Waals surface area (Å²) in [6.45, 7) is 4.51. The van der Waals surface area contributed by atoms with Gasteiger partial charge in [-0.25, -0.2) is 23.4 Å². The van der Waals surface area contributed by atoms with E-state index in [1.165, 1.54) is 12.1 Å². The molecule has 2 aromatic heterocycles. The zero-order valence-corrected chi connectivity index (χ0v) is 18.6. The van der Waals surface area contributed by atoms with Crippen LogP contribution in [0, 0.1) is 6.92 Å². The van der Waals surface area contributed by atoms with Crippen LogP contribution in [0.1, 0.15) is 11.4 Å². The number of sulfonamides is 1. The van der Waals surface area contributed by atoms with Crippen molar-refractivity contribution in [1.29, 1.82) is 0 Å². The van der Waals surface area contributed by atoms with Gasteiger partial charge in [-0.15, -0.1) is 11.3 Å². The van der Waals surface area contributed by atoms with Gasteiger partial charge in [0.25, 0.3) is 10.0 Å². The molecule has 0 radical (unpaired) electrons. The number of anilines is 2. The van der Waals surface area contributed by atoms with E-state index in [0.717, 1.165) is 22.8 Å². The van der Waals surface area contributed by atoms with Gasteiger partial charge in [0.15, 0.2) is 5.13 Å². The molecule has 1 N–H and O–H groups in total. The summed E-state index contributed by atoms with van der Waals surface area (Å²) in [7, 11) is -3.70. The highest BCUT2D eigenvalue weighted by molar-refractivity contribution is 7.93. The predicted octanol–water partition coefficient (Wildman–Crippen LogP) is 1.93. The van der Waals surface area contributed by atoms with E-state index in [2.05, 4.69) is 24.6 Å². The van der Waals surface area contributed by atoms with Gasteiger partial charge in [-0.05, 0) is 19.1 Å². The third-order valence-corrected chi connectivity index (χ3v) is 7.20. The second-order valence-electron chi connectivity index (χ2n) is 7.12. The van der Waals surface area contributed by atoms with E-state index in [-0.39, 0.29) is 22.4 Å². The number of thiazole rings is 1. The highest BCUT2D eigenvalue weighted by Crippen LogP contribution is 2.21. The summed E-state index contributed by atoms with van der Waals surface area (Å²) >= 11 is 1.16. The summed E-state index contributed by atoms with van der Waals surface area (Å²) < 4.78 is 27.3. The molecule has 9 nitrogen and oxygen atoms in total. The summed E-state index contributed by atoms with van der Waals surface area (Å²) in [5.74, 6) is 0.843. The van der Waals surface area contributed by atoms with Crippen molar-refractivity contribution >= 4 is 38.2 Å². The Hall–Kier alpha value is -3.05. The van der Waals surface area contributed by atoms with Crippen molar-refractivity contribution in [2.45, 2.75) is 18.2 Å². The van der Waals surface area contributed by atoms with Crippen molar-refractivity contribution in [2.24, 2.45) is 0 Å². The zero-order valence-electron chi connectivity index (χ0n) is 16.9. The lowest BCUT2D eigenvalue weighted by Gasteiger charge is -2.35. The molecule has 1 aromatic carbocycles. The van der Waals surface area contributed by atoms with Gasteiger partial charge in [0.2, 0.25) is 5.91 Å². The van der Waals surface area contributed by atoms with E-state index in [1.54, 1.807) is 34.8 Å². The molecular formula is C20H22N6O3S2. The average Bonchev–Trinajstić information content (AvgIpc) is 3.20.